The van der Waals surface area contributed by atoms with Crippen LogP contribution in [0.5, 0.6) is 0 Å². The van der Waals surface area contributed by atoms with Crippen LogP contribution >= 0.6 is 0 Å². The summed E-state index contributed by atoms with van der Waals surface area (Å²) in [5.41, 5.74) is -0.657. The smallest absolute Gasteiger partial charge is 0.370 e. The van der Waals surface area contributed by atoms with Gasteiger partial charge in [0.25, 0.3) is 5.91 Å². The fourth-order valence-corrected chi connectivity index (χ4v) is 5.37. The van der Waals surface area contributed by atoms with E-state index in [-0.39, 0.29) is 18.4 Å². The quantitative estimate of drug-likeness (QED) is 0.710. The maximum Gasteiger partial charge on any atom is 0.417 e. The Hall–Kier alpha value is -3.55. The van der Waals surface area contributed by atoms with Gasteiger partial charge < -0.3 is 19.6 Å². The topological polar surface area (TPSA) is 102 Å². The van der Waals surface area contributed by atoms with Crippen molar-refractivity contribution >= 4 is 17.5 Å². The second-order valence-electron chi connectivity index (χ2n) is 9.24. The summed E-state index contributed by atoms with van der Waals surface area (Å²) >= 11 is 0. The average molecular weight is 489 g/mol. The standard InChI is InChI=1S/C24H26F3N5O3/c1-14-20(15(2)35-30-14)22(34)31-8-6-23(7-9-31)13-32(12-19(23)21(33)29-3)17-5-4-16(11-28)18(10-17)24(25,26)27/h4-5,10,19H,6-9,12-13H2,1-3H3,(H,29,33). The molecule has 2 aliphatic rings. The molecule has 35 heavy (non-hydrogen) atoms. The Morgan fingerprint density at radius 1 is 1.26 bits per heavy atom. The van der Waals surface area contributed by atoms with Crippen molar-refractivity contribution in [1.82, 2.24) is 15.4 Å². The molecule has 2 aromatic rings. The second-order valence-corrected chi connectivity index (χ2v) is 9.24. The van der Waals surface area contributed by atoms with Crippen LogP contribution in [0.4, 0.5) is 18.9 Å². The number of likely N-dealkylation sites (tertiary alicyclic amines) is 1. The summed E-state index contributed by atoms with van der Waals surface area (Å²) in [7, 11) is 1.54. The number of aromatic nitrogens is 1. The Morgan fingerprint density at radius 3 is 2.49 bits per heavy atom. The summed E-state index contributed by atoms with van der Waals surface area (Å²) in [6, 6.07) is 5.24. The van der Waals surface area contributed by atoms with E-state index in [2.05, 4.69) is 10.5 Å². The molecule has 0 bridgehead atoms. The molecular formula is C24H26F3N5O3. The van der Waals surface area contributed by atoms with Gasteiger partial charge in [-0.1, -0.05) is 5.16 Å². The minimum absolute atomic E-state index is 0.177. The molecule has 1 N–H and O–H groups in total. The molecule has 186 valence electrons. The summed E-state index contributed by atoms with van der Waals surface area (Å²) in [5.74, 6) is -0.356. The number of carbonyl (C=O) groups excluding carboxylic acids is 2. The van der Waals surface area contributed by atoms with Crippen molar-refractivity contribution in [2.75, 3.05) is 38.1 Å². The zero-order valence-corrected chi connectivity index (χ0v) is 19.7. The second kappa shape index (κ2) is 8.91. The number of benzene rings is 1. The highest BCUT2D eigenvalue weighted by Crippen LogP contribution is 2.47. The minimum atomic E-state index is -4.66. The first-order valence-electron chi connectivity index (χ1n) is 11.3. The van der Waals surface area contributed by atoms with Gasteiger partial charge in [0.2, 0.25) is 5.91 Å². The molecule has 1 aromatic heterocycles. The van der Waals surface area contributed by atoms with E-state index in [4.69, 9.17) is 9.78 Å². The zero-order chi connectivity index (χ0) is 25.5. The van der Waals surface area contributed by atoms with E-state index in [0.717, 1.165) is 6.07 Å². The molecule has 8 nitrogen and oxygen atoms in total. The van der Waals surface area contributed by atoms with Gasteiger partial charge in [-0.3, -0.25) is 9.59 Å². The normalized spacial score (nSPS) is 19.6. The van der Waals surface area contributed by atoms with Crippen LogP contribution in [-0.4, -0.2) is 55.1 Å². The van der Waals surface area contributed by atoms with Crippen molar-refractivity contribution in [2.45, 2.75) is 32.9 Å². The summed E-state index contributed by atoms with van der Waals surface area (Å²) in [5, 5.41) is 15.6. The van der Waals surface area contributed by atoms with E-state index >= 15 is 0 Å². The molecule has 4 rings (SSSR count). The SMILES string of the molecule is CNC(=O)C1CN(c2ccc(C#N)c(C(F)(F)F)c2)CC12CCN(C(=O)c1c(C)noc1C)CC2. The number of nitriles is 1. The molecule has 2 saturated heterocycles. The highest BCUT2D eigenvalue weighted by atomic mass is 19.4. The summed E-state index contributed by atoms with van der Waals surface area (Å²) < 4.78 is 45.7. The van der Waals surface area contributed by atoms with Gasteiger partial charge >= 0.3 is 6.18 Å². The van der Waals surface area contributed by atoms with Gasteiger partial charge in [0.1, 0.15) is 11.3 Å². The fourth-order valence-electron chi connectivity index (χ4n) is 5.37. The Bertz CT molecular complexity index is 1170. The van der Waals surface area contributed by atoms with Gasteiger partial charge in [-0.2, -0.15) is 18.4 Å². The molecule has 2 aliphatic heterocycles. The lowest BCUT2D eigenvalue weighted by molar-refractivity contribution is -0.137. The van der Waals surface area contributed by atoms with E-state index < -0.39 is 28.6 Å². The number of alkyl halides is 3. The monoisotopic (exact) mass is 489 g/mol. The van der Waals surface area contributed by atoms with Gasteiger partial charge in [0.05, 0.1) is 28.8 Å². The zero-order valence-electron chi connectivity index (χ0n) is 19.7. The third kappa shape index (κ3) is 4.33. The van der Waals surface area contributed by atoms with Gasteiger partial charge in [-0.05, 0) is 44.9 Å². The third-order valence-electron chi connectivity index (χ3n) is 7.30. The number of amides is 2. The predicted octanol–water partition coefficient (Wildman–Crippen LogP) is 3.29. The highest BCUT2D eigenvalue weighted by Gasteiger charge is 2.52. The number of rotatable bonds is 3. The van der Waals surface area contributed by atoms with Gasteiger partial charge in [-0.25, -0.2) is 0 Å². The molecule has 11 heteroatoms. The summed E-state index contributed by atoms with van der Waals surface area (Å²) in [4.78, 5) is 29.4. The molecule has 2 fully saturated rings. The number of nitrogens with zero attached hydrogens (tertiary/aromatic N) is 4. The van der Waals surface area contributed by atoms with E-state index in [1.807, 2.05) is 0 Å². The molecule has 0 aliphatic carbocycles. The largest absolute Gasteiger partial charge is 0.417 e. The molecule has 3 heterocycles. The number of carbonyl (C=O) groups is 2. The van der Waals surface area contributed by atoms with Crippen LogP contribution in [-0.2, 0) is 11.0 Å². The van der Waals surface area contributed by atoms with Crippen LogP contribution in [0.15, 0.2) is 22.7 Å². The lowest BCUT2D eigenvalue weighted by atomic mass is 9.70. The van der Waals surface area contributed by atoms with Gasteiger partial charge in [0.15, 0.2) is 0 Å². The summed E-state index contributed by atoms with van der Waals surface area (Å²) in [6.07, 6.45) is -3.61. The van der Waals surface area contributed by atoms with E-state index in [0.29, 0.717) is 55.2 Å². The van der Waals surface area contributed by atoms with Crippen LogP contribution in [0.2, 0.25) is 0 Å². The first kappa shape index (κ1) is 24.6. The molecule has 1 spiro atoms. The first-order chi connectivity index (χ1) is 16.5. The number of hydrogen-bond donors (Lipinski definition) is 1. The van der Waals surface area contributed by atoms with Crippen molar-refractivity contribution in [2.24, 2.45) is 11.3 Å². The molecule has 0 radical (unpaired) electrons. The molecular weight excluding hydrogens is 463 g/mol. The van der Waals surface area contributed by atoms with Crippen LogP contribution in [0, 0.1) is 36.5 Å². The lowest BCUT2D eigenvalue weighted by Gasteiger charge is -2.42. The number of hydrogen-bond acceptors (Lipinski definition) is 6. The minimum Gasteiger partial charge on any atom is -0.370 e. The Balaban J connectivity index is 1.59. The highest BCUT2D eigenvalue weighted by molar-refractivity contribution is 5.96. The first-order valence-corrected chi connectivity index (χ1v) is 11.3. The van der Waals surface area contributed by atoms with E-state index in [1.165, 1.54) is 19.2 Å². The number of nitrogens with one attached hydrogen (secondary N) is 1. The lowest BCUT2D eigenvalue weighted by Crippen LogP contribution is -2.49. The third-order valence-corrected chi connectivity index (χ3v) is 7.30. The number of piperidine rings is 1. The number of aryl methyl sites for hydroxylation is 2. The molecule has 0 saturated carbocycles. The van der Waals surface area contributed by atoms with Crippen LogP contribution in [0.25, 0.3) is 0 Å². The van der Waals surface area contributed by atoms with E-state index in [9.17, 15) is 22.8 Å². The maximum atomic E-state index is 13.5. The van der Waals surface area contributed by atoms with Crippen LogP contribution in [0.3, 0.4) is 0 Å². The fraction of sp³-hybridized carbons (Fsp3) is 0.500. The summed E-state index contributed by atoms with van der Waals surface area (Å²) in [6.45, 7) is 4.83. The van der Waals surface area contributed by atoms with Crippen LogP contribution in [0.1, 0.15) is 45.8 Å². The Kier molecular flexibility index (Phi) is 6.25. The molecule has 1 unspecified atom stereocenters. The van der Waals surface area contributed by atoms with Crippen molar-refractivity contribution in [3.05, 3.63) is 46.3 Å². The maximum absolute atomic E-state index is 13.5. The van der Waals surface area contributed by atoms with Crippen molar-refractivity contribution in [3.8, 4) is 6.07 Å². The van der Waals surface area contributed by atoms with Crippen molar-refractivity contribution < 1.29 is 27.3 Å². The van der Waals surface area contributed by atoms with Crippen molar-refractivity contribution in [3.63, 3.8) is 0 Å². The predicted molar refractivity (Wildman–Crippen MR) is 119 cm³/mol. The molecule has 1 atom stereocenters. The average Bonchev–Trinajstić information content (AvgIpc) is 3.37. The Morgan fingerprint density at radius 2 is 1.94 bits per heavy atom. The molecule has 1 aromatic carbocycles. The van der Waals surface area contributed by atoms with Gasteiger partial charge in [-0.15, -0.1) is 0 Å². The van der Waals surface area contributed by atoms with Crippen LogP contribution < -0.4 is 10.2 Å². The Labute approximate surface area is 200 Å². The van der Waals surface area contributed by atoms with Crippen molar-refractivity contribution in [1.29, 1.82) is 5.26 Å². The van der Waals surface area contributed by atoms with E-state index in [1.54, 1.807) is 29.7 Å². The number of anilines is 1. The van der Waals surface area contributed by atoms with Gasteiger partial charge in [0, 0.05) is 44.3 Å². The number of halogens is 3. The molecule has 2 amide bonds.